The molecule has 1 saturated carbocycles. The first-order valence-corrected chi connectivity index (χ1v) is 7.28. The van der Waals surface area contributed by atoms with Crippen LogP contribution in [0.25, 0.3) is 0 Å². The summed E-state index contributed by atoms with van der Waals surface area (Å²) in [4.78, 5) is 24.7. The molecule has 19 heavy (non-hydrogen) atoms. The molecular formula is C14H26N2O3. The Hall–Kier alpha value is -1.26. The number of amides is 2. The molecule has 0 aromatic carbocycles. The molecule has 0 saturated heterocycles. The van der Waals surface area contributed by atoms with Crippen LogP contribution in [0.4, 0.5) is 4.79 Å². The number of nitrogens with zero attached hydrogens (tertiary/aromatic N) is 1. The molecule has 110 valence electrons. The molecule has 2 amide bonds. The summed E-state index contributed by atoms with van der Waals surface area (Å²) in [5.74, 6) is -0.855. The van der Waals surface area contributed by atoms with Gasteiger partial charge in [0.25, 0.3) is 0 Å². The fraction of sp³-hybridized carbons (Fsp3) is 0.857. The summed E-state index contributed by atoms with van der Waals surface area (Å²) < 4.78 is 0. The van der Waals surface area contributed by atoms with E-state index in [0.29, 0.717) is 6.54 Å². The molecule has 0 unspecified atom stereocenters. The van der Waals surface area contributed by atoms with E-state index in [1.54, 1.807) is 4.90 Å². The molecule has 0 aromatic heterocycles. The molecule has 0 bridgehead atoms. The fourth-order valence-corrected chi connectivity index (χ4v) is 2.37. The van der Waals surface area contributed by atoms with Crippen LogP contribution in [0.5, 0.6) is 0 Å². The Morgan fingerprint density at radius 2 is 1.74 bits per heavy atom. The largest absolute Gasteiger partial charge is 0.481 e. The highest BCUT2D eigenvalue weighted by Crippen LogP contribution is 2.28. The number of hydrogen-bond acceptors (Lipinski definition) is 2. The lowest BCUT2D eigenvalue weighted by Crippen LogP contribution is -2.53. The van der Waals surface area contributed by atoms with Gasteiger partial charge in [-0.25, -0.2) is 4.79 Å². The zero-order valence-electron chi connectivity index (χ0n) is 12.2. The number of rotatable bonds is 8. The van der Waals surface area contributed by atoms with E-state index in [0.717, 1.165) is 32.1 Å². The van der Waals surface area contributed by atoms with Crippen molar-refractivity contribution >= 4 is 12.0 Å². The quantitative estimate of drug-likeness (QED) is 0.712. The monoisotopic (exact) mass is 270 g/mol. The summed E-state index contributed by atoms with van der Waals surface area (Å²) in [7, 11) is 0. The lowest BCUT2D eigenvalue weighted by Gasteiger charge is -2.35. The molecule has 0 radical (unpaired) electrons. The second-order valence-corrected chi connectivity index (χ2v) is 5.34. The SMILES string of the molecule is CCC(CC)(CC)NC(=O)N(CCC(=O)O)C1CC1. The highest BCUT2D eigenvalue weighted by Gasteiger charge is 2.35. The minimum absolute atomic E-state index is 0.0152. The van der Waals surface area contributed by atoms with Crippen LogP contribution >= 0.6 is 0 Å². The number of carboxylic acid groups (broad SMARTS) is 1. The number of carbonyl (C=O) groups is 2. The maximum absolute atomic E-state index is 12.4. The molecule has 0 aromatic rings. The summed E-state index contributed by atoms with van der Waals surface area (Å²) in [5, 5.41) is 11.9. The second kappa shape index (κ2) is 6.78. The van der Waals surface area contributed by atoms with Crippen molar-refractivity contribution in [3.63, 3.8) is 0 Å². The standard InChI is InChI=1S/C14H26N2O3/c1-4-14(5-2,6-3)15-13(19)16(11-7-8-11)10-9-12(17)18/h11H,4-10H2,1-3H3,(H,15,19)(H,17,18). The van der Waals surface area contributed by atoms with Crippen LogP contribution in [0.1, 0.15) is 59.3 Å². The Bertz CT molecular complexity index is 314. The van der Waals surface area contributed by atoms with Crippen LogP contribution in [0.2, 0.25) is 0 Å². The maximum Gasteiger partial charge on any atom is 0.318 e. The van der Waals surface area contributed by atoms with Gasteiger partial charge in [-0.3, -0.25) is 4.79 Å². The van der Waals surface area contributed by atoms with E-state index in [1.807, 2.05) is 0 Å². The van der Waals surface area contributed by atoms with Crippen molar-refractivity contribution in [2.75, 3.05) is 6.54 Å². The molecule has 1 aliphatic carbocycles. The van der Waals surface area contributed by atoms with E-state index in [-0.39, 0.29) is 24.0 Å². The smallest absolute Gasteiger partial charge is 0.318 e. The number of carbonyl (C=O) groups excluding carboxylic acids is 1. The molecule has 1 fully saturated rings. The minimum Gasteiger partial charge on any atom is -0.481 e. The molecule has 1 aliphatic rings. The summed E-state index contributed by atoms with van der Waals surface area (Å²) >= 11 is 0. The first-order chi connectivity index (χ1) is 8.98. The van der Waals surface area contributed by atoms with Crippen molar-refractivity contribution in [2.24, 2.45) is 0 Å². The second-order valence-electron chi connectivity index (χ2n) is 5.34. The summed E-state index contributed by atoms with van der Waals surface area (Å²) in [6.45, 7) is 6.53. The van der Waals surface area contributed by atoms with Crippen LogP contribution < -0.4 is 5.32 Å². The van der Waals surface area contributed by atoms with Crippen LogP contribution in [-0.4, -0.2) is 40.1 Å². The highest BCUT2D eigenvalue weighted by atomic mass is 16.4. The first kappa shape index (κ1) is 15.8. The normalized spacial score (nSPS) is 15.1. The van der Waals surface area contributed by atoms with Gasteiger partial charge >= 0.3 is 12.0 Å². The zero-order valence-corrected chi connectivity index (χ0v) is 12.2. The average molecular weight is 270 g/mol. The Labute approximate surface area is 115 Å². The lowest BCUT2D eigenvalue weighted by atomic mass is 9.90. The van der Waals surface area contributed by atoms with Gasteiger partial charge < -0.3 is 15.3 Å². The van der Waals surface area contributed by atoms with Crippen molar-refractivity contribution in [2.45, 2.75) is 70.9 Å². The van der Waals surface area contributed by atoms with Gasteiger partial charge in [0.2, 0.25) is 0 Å². The predicted octanol–water partition coefficient (Wildman–Crippen LogP) is 2.60. The molecule has 0 heterocycles. The molecule has 2 N–H and O–H groups in total. The van der Waals surface area contributed by atoms with Crippen molar-refractivity contribution in [1.82, 2.24) is 10.2 Å². The molecular weight excluding hydrogens is 244 g/mol. The van der Waals surface area contributed by atoms with Gasteiger partial charge in [0.15, 0.2) is 0 Å². The third-order valence-electron chi connectivity index (χ3n) is 4.22. The number of nitrogens with one attached hydrogen (secondary N) is 1. The van der Waals surface area contributed by atoms with Crippen LogP contribution in [-0.2, 0) is 4.79 Å². The van der Waals surface area contributed by atoms with Crippen molar-refractivity contribution < 1.29 is 14.7 Å². The summed E-state index contributed by atoms with van der Waals surface area (Å²) in [6.07, 6.45) is 4.67. The van der Waals surface area contributed by atoms with Gasteiger partial charge in [-0.2, -0.15) is 0 Å². The van der Waals surface area contributed by atoms with Crippen molar-refractivity contribution in [1.29, 1.82) is 0 Å². The third-order valence-corrected chi connectivity index (χ3v) is 4.22. The van der Waals surface area contributed by atoms with E-state index < -0.39 is 5.97 Å². The lowest BCUT2D eigenvalue weighted by molar-refractivity contribution is -0.137. The van der Waals surface area contributed by atoms with Gasteiger partial charge in [-0.1, -0.05) is 20.8 Å². The number of carboxylic acids is 1. The zero-order chi connectivity index (χ0) is 14.5. The Balaban J connectivity index is 2.63. The van der Waals surface area contributed by atoms with E-state index in [4.69, 9.17) is 5.11 Å². The summed E-state index contributed by atoms with van der Waals surface area (Å²) in [5.41, 5.74) is -0.159. The van der Waals surface area contributed by atoms with Crippen molar-refractivity contribution in [3.05, 3.63) is 0 Å². The van der Waals surface area contributed by atoms with Gasteiger partial charge in [0.05, 0.1) is 6.42 Å². The van der Waals surface area contributed by atoms with Crippen molar-refractivity contribution in [3.8, 4) is 0 Å². The summed E-state index contributed by atoms with van der Waals surface area (Å²) in [6, 6.07) is 0.136. The third kappa shape index (κ3) is 4.40. The first-order valence-electron chi connectivity index (χ1n) is 7.28. The topological polar surface area (TPSA) is 69.6 Å². The Kier molecular flexibility index (Phi) is 5.63. The molecule has 5 heteroatoms. The minimum atomic E-state index is -0.855. The number of urea groups is 1. The van der Waals surface area contributed by atoms with E-state index >= 15 is 0 Å². The van der Waals surface area contributed by atoms with Gasteiger partial charge in [-0.05, 0) is 32.1 Å². The van der Waals surface area contributed by atoms with Gasteiger partial charge in [0, 0.05) is 18.1 Å². The van der Waals surface area contributed by atoms with Crippen LogP contribution in [0.15, 0.2) is 0 Å². The number of hydrogen-bond donors (Lipinski definition) is 2. The Morgan fingerprint density at radius 1 is 1.21 bits per heavy atom. The molecule has 0 aliphatic heterocycles. The molecule has 1 rings (SSSR count). The number of aliphatic carboxylic acids is 1. The Morgan fingerprint density at radius 3 is 2.11 bits per heavy atom. The van der Waals surface area contributed by atoms with E-state index in [1.165, 1.54) is 0 Å². The average Bonchev–Trinajstić information content (AvgIpc) is 3.20. The molecule has 5 nitrogen and oxygen atoms in total. The van der Waals surface area contributed by atoms with Crippen LogP contribution in [0, 0.1) is 0 Å². The van der Waals surface area contributed by atoms with E-state index in [2.05, 4.69) is 26.1 Å². The molecule has 0 spiro atoms. The van der Waals surface area contributed by atoms with Gasteiger partial charge in [-0.15, -0.1) is 0 Å². The van der Waals surface area contributed by atoms with Gasteiger partial charge in [0.1, 0.15) is 0 Å². The maximum atomic E-state index is 12.4. The highest BCUT2D eigenvalue weighted by molar-refractivity contribution is 5.76. The van der Waals surface area contributed by atoms with Crippen LogP contribution in [0.3, 0.4) is 0 Å². The van der Waals surface area contributed by atoms with E-state index in [9.17, 15) is 9.59 Å². The molecule has 0 atom stereocenters. The fourth-order valence-electron chi connectivity index (χ4n) is 2.37. The predicted molar refractivity (Wildman–Crippen MR) is 74.1 cm³/mol.